The third-order valence-electron chi connectivity index (χ3n) is 2.57. The Kier molecular flexibility index (Phi) is 3.26. The summed E-state index contributed by atoms with van der Waals surface area (Å²) in [6.07, 6.45) is -1.92. The SMILES string of the molecule is CC1(C)O[C@H]2O[C@H]([C@H](O)CO)[C@H](I)[C@H]2O1. The number of hydrogen-bond acceptors (Lipinski definition) is 5. The predicted octanol–water partition coefficient (Wildman–Crippen LogP) is 0.0196. The van der Waals surface area contributed by atoms with Crippen molar-refractivity contribution < 1.29 is 24.4 Å². The Morgan fingerprint density at radius 1 is 1.40 bits per heavy atom. The van der Waals surface area contributed by atoms with Crippen LogP contribution in [0.5, 0.6) is 0 Å². The topological polar surface area (TPSA) is 68.2 Å². The molecule has 0 unspecified atom stereocenters. The molecule has 15 heavy (non-hydrogen) atoms. The zero-order valence-corrected chi connectivity index (χ0v) is 10.7. The molecule has 0 aromatic carbocycles. The van der Waals surface area contributed by atoms with Crippen LogP contribution >= 0.6 is 22.6 Å². The molecule has 0 aliphatic carbocycles. The molecule has 2 N–H and O–H groups in total. The molecule has 2 aliphatic heterocycles. The van der Waals surface area contributed by atoms with E-state index in [0.29, 0.717) is 0 Å². The number of halogens is 1. The van der Waals surface area contributed by atoms with Gasteiger partial charge in [-0.05, 0) is 13.8 Å². The van der Waals surface area contributed by atoms with Gasteiger partial charge in [0.15, 0.2) is 12.1 Å². The summed E-state index contributed by atoms with van der Waals surface area (Å²) < 4.78 is 16.7. The Hall–Kier alpha value is 0.530. The van der Waals surface area contributed by atoms with Crippen molar-refractivity contribution in [2.75, 3.05) is 6.61 Å². The minimum absolute atomic E-state index is 0.0171. The van der Waals surface area contributed by atoms with Crippen molar-refractivity contribution in [2.24, 2.45) is 0 Å². The summed E-state index contributed by atoms with van der Waals surface area (Å²) in [4.78, 5) is 0. The molecule has 2 aliphatic rings. The molecule has 0 bridgehead atoms. The molecule has 0 saturated carbocycles. The Morgan fingerprint density at radius 3 is 2.60 bits per heavy atom. The van der Waals surface area contributed by atoms with Crippen LogP contribution in [0.3, 0.4) is 0 Å². The summed E-state index contributed by atoms with van der Waals surface area (Å²) in [5, 5.41) is 18.4. The first-order chi connectivity index (χ1) is 6.94. The largest absolute Gasteiger partial charge is 0.394 e. The van der Waals surface area contributed by atoms with Gasteiger partial charge in [-0.2, -0.15) is 0 Å². The van der Waals surface area contributed by atoms with Crippen LogP contribution in [-0.2, 0) is 14.2 Å². The fourth-order valence-corrected chi connectivity index (χ4v) is 3.04. The highest BCUT2D eigenvalue weighted by molar-refractivity contribution is 14.1. The first-order valence-electron chi connectivity index (χ1n) is 4.89. The number of rotatable bonds is 2. The van der Waals surface area contributed by atoms with Gasteiger partial charge in [0, 0.05) is 0 Å². The fourth-order valence-electron chi connectivity index (χ4n) is 1.90. The average molecular weight is 330 g/mol. The van der Waals surface area contributed by atoms with Crippen LogP contribution in [0.15, 0.2) is 0 Å². The number of fused-ring (bicyclic) bond motifs is 1. The van der Waals surface area contributed by atoms with E-state index in [1.807, 2.05) is 13.8 Å². The maximum Gasteiger partial charge on any atom is 0.188 e. The standard InChI is InChI=1S/C9H15IO5/c1-9(2)14-7-5(10)6(4(12)3-11)13-8(7)15-9/h4-8,11-12H,3H2,1-2H3/t4-,5+,6-,7-,8-/m1/s1. The Bertz CT molecular complexity index is 247. The number of alkyl halides is 1. The van der Waals surface area contributed by atoms with Gasteiger partial charge in [-0.25, -0.2) is 0 Å². The van der Waals surface area contributed by atoms with Crippen molar-refractivity contribution in [3.63, 3.8) is 0 Å². The van der Waals surface area contributed by atoms with Gasteiger partial charge in [0.1, 0.15) is 18.3 Å². The summed E-state index contributed by atoms with van der Waals surface area (Å²) in [5.41, 5.74) is 0. The van der Waals surface area contributed by atoms with E-state index >= 15 is 0 Å². The first kappa shape index (κ1) is 12.0. The number of hydrogen-bond donors (Lipinski definition) is 2. The molecule has 88 valence electrons. The van der Waals surface area contributed by atoms with Crippen molar-refractivity contribution >= 4 is 22.6 Å². The van der Waals surface area contributed by atoms with E-state index in [4.69, 9.17) is 19.3 Å². The van der Waals surface area contributed by atoms with E-state index in [1.165, 1.54) is 0 Å². The van der Waals surface area contributed by atoms with Crippen LogP contribution < -0.4 is 0 Å². The van der Waals surface area contributed by atoms with Crippen molar-refractivity contribution in [2.45, 2.75) is 48.2 Å². The fraction of sp³-hybridized carbons (Fsp3) is 1.00. The molecular formula is C9H15IO5. The van der Waals surface area contributed by atoms with Crippen molar-refractivity contribution in [3.05, 3.63) is 0 Å². The van der Waals surface area contributed by atoms with Crippen molar-refractivity contribution in [1.82, 2.24) is 0 Å². The highest BCUT2D eigenvalue weighted by atomic mass is 127. The molecule has 2 saturated heterocycles. The summed E-state index contributed by atoms with van der Waals surface area (Å²) in [5.74, 6) is -0.631. The van der Waals surface area contributed by atoms with Gasteiger partial charge in [-0.3, -0.25) is 0 Å². The minimum atomic E-state index is -0.882. The van der Waals surface area contributed by atoms with E-state index in [1.54, 1.807) is 0 Å². The average Bonchev–Trinajstić information content (AvgIpc) is 2.60. The lowest BCUT2D eigenvalue weighted by Crippen LogP contribution is -2.39. The molecule has 2 fully saturated rings. The summed E-state index contributed by atoms with van der Waals surface area (Å²) in [6.45, 7) is 3.35. The molecule has 0 amide bonds. The second-order valence-electron chi connectivity index (χ2n) is 4.26. The molecule has 2 rings (SSSR count). The highest BCUT2D eigenvalue weighted by Gasteiger charge is 2.55. The lowest BCUT2D eigenvalue weighted by molar-refractivity contribution is -0.214. The summed E-state index contributed by atoms with van der Waals surface area (Å²) in [7, 11) is 0. The number of aliphatic hydroxyl groups excluding tert-OH is 2. The van der Waals surface area contributed by atoms with Gasteiger partial charge in [0.25, 0.3) is 0 Å². The third kappa shape index (κ3) is 2.16. The van der Waals surface area contributed by atoms with E-state index in [9.17, 15) is 5.11 Å². The van der Waals surface area contributed by atoms with Gasteiger partial charge >= 0.3 is 0 Å². The van der Waals surface area contributed by atoms with Crippen LogP contribution in [-0.4, -0.2) is 51.1 Å². The summed E-state index contributed by atoms with van der Waals surface area (Å²) >= 11 is 2.17. The van der Waals surface area contributed by atoms with Gasteiger partial charge in [-0.1, -0.05) is 22.6 Å². The quantitative estimate of drug-likeness (QED) is 0.552. The van der Waals surface area contributed by atoms with Crippen molar-refractivity contribution in [3.8, 4) is 0 Å². The lowest BCUT2D eigenvalue weighted by atomic mass is 10.1. The van der Waals surface area contributed by atoms with Gasteiger partial charge in [-0.15, -0.1) is 0 Å². The van der Waals surface area contributed by atoms with Gasteiger partial charge in [0.2, 0.25) is 0 Å². The van der Waals surface area contributed by atoms with Crippen LogP contribution in [0.1, 0.15) is 13.8 Å². The second kappa shape index (κ2) is 4.08. The maximum absolute atomic E-state index is 9.52. The predicted molar refractivity (Wildman–Crippen MR) is 59.6 cm³/mol. The maximum atomic E-state index is 9.52. The van der Waals surface area contributed by atoms with E-state index in [2.05, 4.69) is 22.6 Å². The molecule has 6 heteroatoms. The zero-order chi connectivity index (χ0) is 11.2. The van der Waals surface area contributed by atoms with Crippen LogP contribution in [0.4, 0.5) is 0 Å². The molecule has 5 nitrogen and oxygen atoms in total. The smallest absolute Gasteiger partial charge is 0.188 e. The molecule has 0 spiro atoms. The Balaban J connectivity index is 2.05. The molecule has 2 heterocycles. The van der Waals surface area contributed by atoms with Crippen LogP contribution in [0.25, 0.3) is 0 Å². The monoisotopic (exact) mass is 330 g/mol. The lowest BCUT2D eigenvalue weighted by Gasteiger charge is -2.24. The molecule has 0 aromatic rings. The Morgan fingerprint density at radius 2 is 2.07 bits per heavy atom. The van der Waals surface area contributed by atoms with Crippen LogP contribution in [0.2, 0.25) is 0 Å². The zero-order valence-electron chi connectivity index (χ0n) is 8.59. The Labute approximate surface area is 102 Å². The highest BCUT2D eigenvalue weighted by Crippen LogP contribution is 2.41. The molecular weight excluding hydrogens is 315 g/mol. The van der Waals surface area contributed by atoms with Gasteiger partial charge in [0.05, 0.1) is 10.5 Å². The van der Waals surface area contributed by atoms with E-state index < -0.39 is 24.3 Å². The first-order valence-corrected chi connectivity index (χ1v) is 6.13. The minimum Gasteiger partial charge on any atom is -0.394 e. The van der Waals surface area contributed by atoms with Crippen molar-refractivity contribution in [1.29, 1.82) is 0 Å². The van der Waals surface area contributed by atoms with E-state index in [0.717, 1.165) is 0 Å². The molecule has 5 atom stereocenters. The third-order valence-corrected chi connectivity index (χ3v) is 3.99. The normalized spacial score (nSPS) is 45.4. The number of ether oxygens (including phenoxy) is 3. The second-order valence-corrected chi connectivity index (χ2v) is 5.70. The molecule has 0 aromatic heterocycles. The van der Waals surface area contributed by atoms with Gasteiger partial charge < -0.3 is 24.4 Å². The molecule has 0 radical (unpaired) electrons. The van der Waals surface area contributed by atoms with Crippen LogP contribution in [0, 0.1) is 0 Å². The number of aliphatic hydroxyl groups is 2. The summed E-state index contributed by atoms with van der Waals surface area (Å²) in [6, 6.07) is 0. The van der Waals surface area contributed by atoms with E-state index in [-0.39, 0.29) is 16.6 Å².